The zero-order chi connectivity index (χ0) is 10.8. The molecule has 0 aliphatic heterocycles. The first-order valence-corrected chi connectivity index (χ1v) is 4.85. The fourth-order valence-electron chi connectivity index (χ4n) is 1.41. The molecule has 0 radical (unpaired) electrons. The molecule has 3 heterocycles. The highest BCUT2D eigenvalue weighted by atomic mass is 16.3. The number of nitrogens with one attached hydrogen (secondary N) is 1. The SMILES string of the molecule is c1coc(CNc2ccc3nncn3n2)c1. The maximum absolute atomic E-state index is 5.21. The van der Waals surface area contributed by atoms with Gasteiger partial charge in [0.1, 0.15) is 17.9 Å². The predicted molar refractivity (Wildman–Crippen MR) is 56.8 cm³/mol. The molecule has 3 aromatic heterocycles. The summed E-state index contributed by atoms with van der Waals surface area (Å²) in [4.78, 5) is 0. The number of nitrogens with zero attached hydrogens (tertiary/aromatic N) is 4. The van der Waals surface area contributed by atoms with Crippen LogP contribution in [0.4, 0.5) is 5.82 Å². The van der Waals surface area contributed by atoms with Crippen LogP contribution < -0.4 is 5.32 Å². The Kier molecular flexibility index (Phi) is 2.03. The van der Waals surface area contributed by atoms with E-state index in [-0.39, 0.29) is 0 Å². The minimum absolute atomic E-state index is 0.605. The van der Waals surface area contributed by atoms with Crippen LogP contribution in [0.5, 0.6) is 0 Å². The molecule has 16 heavy (non-hydrogen) atoms. The van der Waals surface area contributed by atoms with Gasteiger partial charge in [-0.1, -0.05) is 0 Å². The molecule has 1 N–H and O–H groups in total. The minimum Gasteiger partial charge on any atom is -0.467 e. The quantitative estimate of drug-likeness (QED) is 0.713. The van der Waals surface area contributed by atoms with Crippen LogP contribution >= 0.6 is 0 Å². The molecule has 6 nitrogen and oxygen atoms in total. The van der Waals surface area contributed by atoms with E-state index in [4.69, 9.17) is 4.42 Å². The van der Waals surface area contributed by atoms with Gasteiger partial charge in [0, 0.05) is 0 Å². The van der Waals surface area contributed by atoms with Crippen molar-refractivity contribution < 1.29 is 4.42 Å². The van der Waals surface area contributed by atoms with Gasteiger partial charge < -0.3 is 9.73 Å². The van der Waals surface area contributed by atoms with Gasteiger partial charge in [-0.15, -0.1) is 15.3 Å². The molecule has 0 aliphatic rings. The molecule has 0 saturated carbocycles. The highest BCUT2D eigenvalue weighted by Gasteiger charge is 2.00. The normalized spacial score (nSPS) is 10.8. The van der Waals surface area contributed by atoms with Crippen molar-refractivity contribution in [2.75, 3.05) is 5.32 Å². The zero-order valence-electron chi connectivity index (χ0n) is 8.37. The minimum atomic E-state index is 0.605. The van der Waals surface area contributed by atoms with Crippen molar-refractivity contribution in [3.05, 3.63) is 42.6 Å². The monoisotopic (exact) mass is 215 g/mol. The lowest BCUT2D eigenvalue weighted by Gasteiger charge is -2.02. The molecule has 0 aliphatic carbocycles. The summed E-state index contributed by atoms with van der Waals surface area (Å²) in [6.07, 6.45) is 3.21. The second-order valence-electron chi connectivity index (χ2n) is 3.29. The molecule has 80 valence electrons. The standard InChI is InChI=1S/C10H9N5O/c1-2-8(16-5-1)6-11-9-3-4-10-13-12-7-15(10)14-9/h1-5,7H,6H2,(H,11,14). The molecule has 3 rings (SSSR count). The van der Waals surface area contributed by atoms with E-state index in [1.807, 2.05) is 24.3 Å². The Labute approximate surface area is 90.9 Å². The highest BCUT2D eigenvalue weighted by molar-refractivity contribution is 5.42. The number of hydrogen-bond acceptors (Lipinski definition) is 5. The van der Waals surface area contributed by atoms with Gasteiger partial charge >= 0.3 is 0 Å². The zero-order valence-corrected chi connectivity index (χ0v) is 8.37. The van der Waals surface area contributed by atoms with Crippen LogP contribution in [0.25, 0.3) is 5.65 Å². The maximum Gasteiger partial charge on any atom is 0.177 e. The van der Waals surface area contributed by atoms with Crippen molar-refractivity contribution in [2.45, 2.75) is 6.54 Å². The van der Waals surface area contributed by atoms with E-state index in [2.05, 4.69) is 20.6 Å². The van der Waals surface area contributed by atoms with Gasteiger partial charge in [0.05, 0.1) is 12.8 Å². The lowest BCUT2D eigenvalue weighted by molar-refractivity contribution is 0.517. The van der Waals surface area contributed by atoms with Crippen LogP contribution in [-0.2, 0) is 6.54 Å². The van der Waals surface area contributed by atoms with E-state index >= 15 is 0 Å². The molecule has 0 aromatic carbocycles. The lowest BCUT2D eigenvalue weighted by Crippen LogP contribution is -2.02. The molecular weight excluding hydrogens is 206 g/mol. The number of furan rings is 1. The Hall–Kier alpha value is -2.37. The van der Waals surface area contributed by atoms with Gasteiger partial charge in [-0.2, -0.15) is 4.52 Å². The molecule has 0 amide bonds. The Morgan fingerprint density at radius 2 is 2.31 bits per heavy atom. The Morgan fingerprint density at radius 3 is 3.19 bits per heavy atom. The molecule has 0 atom stereocenters. The van der Waals surface area contributed by atoms with Crippen LogP contribution in [-0.4, -0.2) is 19.8 Å². The third-order valence-corrected chi connectivity index (χ3v) is 2.19. The first kappa shape index (κ1) is 8.90. The summed E-state index contributed by atoms with van der Waals surface area (Å²) in [5.74, 6) is 1.62. The Balaban J connectivity index is 1.78. The topological polar surface area (TPSA) is 68.2 Å². The van der Waals surface area contributed by atoms with Gasteiger partial charge in [0.15, 0.2) is 5.65 Å². The summed E-state index contributed by atoms with van der Waals surface area (Å²) in [7, 11) is 0. The van der Waals surface area contributed by atoms with Gasteiger partial charge in [-0.05, 0) is 24.3 Å². The molecule has 0 fully saturated rings. The first-order chi connectivity index (χ1) is 7.92. The summed E-state index contributed by atoms with van der Waals surface area (Å²) in [6, 6.07) is 7.47. The van der Waals surface area contributed by atoms with Crippen molar-refractivity contribution in [3.8, 4) is 0 Å². The second kappa shape index (κ2) is 3.65. The fraction of sp³-hybridized carbons (Fsp3) is 0.100. The van der Waals surface area contributed by atoms with E-state index in [1.165, 1.54) is 0 Å². The van der Waals surface area contributed by atoms with Crippen LogP contribution in [0.15, 0.2) is 41.3 Å². The maximum atomic E-state index is 5.21. The average Bonchev–Trinajstić information content (AvgIpc) is 2.97. The van der Waals surface area contributed by atoms with Crippen molar-refractivity contribution in [1.82, 2.24) is 19.8 Å². The smallest absolute Gasteiger partial charge is 0.177 e. The van der Waals surface area contributed by atoms with E-state index in [9.17, 15) is 0 Å². The second-order valence-corrected chi connectivity index (χ2v) is 3.29. The predicted octanol–water partition coefficient (Wildman–Crippen LogP) is 1.33. The van der Waals surface area contributed by atoms with Crippen molar-refractivity contribution in [2.24, 2.45) is 0 Å². The first-order valence-electron chi connectivity index (χ1n) is 4.85. The van der Waals surface area contributed by atoms with Crippen LogP contribution in [0.3, 0.4) is 0 Å². The van der Waals surface area contributed by atoms with E-state index in [0.717, 1.165) is 17.2 Å². The van der Waals surface area contributed by atoms with Crippen molar-refractivity contribution in [3.63, 3.8) is 0 Å². The molecule has 0 saturated heterocycles. The molecule has 0 spiro atoms. The Bertz CT molecular complexity index is 586. The number of fused-ring (bicyclic) bond motifs is 1. The lowest BCUT2D eigenvalue weighted by atomic mass is 10.4. The molecule has 3 aromatic rings. The number of anilines is 1. The van der Waals surface area contributed by atoms with Gasteiger partial charge in [-0.25, -0.2) is 0 Å². The van der Waals surface area contributed by atoms with Gasteiger partial charge in [0.25, 0.3) is 0 Å². The fourth-order valence-corrected chi connectivity index (χ4v) is 1.41. The van der Waals surface area contributed by atoms with Gasteiger partial charge in [0.2, 0.25) is 0 Å². The van der Waals surface area contributed by atoms with Crippen molar-refractivity contribution >= 4 is 11.5 Å². The van der Waals surface area contributed by atoms with E-state index in [0.29, 0.717) is 6.54 Å². The summed E-state index contributed by atoms with van der Waals surface area (Å²) < 4.78 is 6.82. The van der Waals surface area contributed by atoms with Crippen molar-refractivity contribution in [1.29, 1.82) is 0 Å². The van der Waals surface area contributed by atoms with Crippen LogP contribution in [0, 0.1) is 0 Å². The van der Waals surface area contributed by atoms with Gasteiger partial charge in [-0.3, -0.25) is 0 Å². The largest absolute Gasteiger partial charge is 0.467 e. The number of aromatic nitrogens is 4. The number of hydrogen-bond donors (Lipinski definition) is 1. The summed E-state index contributed by atoms with van der Waals surface area (Å²) in [6.45, 7) is 0.605. The molecule has 6 heteroatoms. The van der Waals surface area contributed by atoms with Crippen LogP contribution in [0.1, 0.15) is 5.76 Å². The van der Waals surface area contributed by atoms with E-state index in [1.54, 1.807) is 17.1 Å². The highest BCUT2D eigenvalue weighted by Crippen LogP contribution is 2.07. The molecule has 0 bridgehead atoms. The average molecular weight is 215 g/mol. The summed E-state index contributed by atoms with van der Waals surface area (Å²) in [5, 5.41) is 15.1. The summed E-state index contributed by atoms with van der Waals surface area (Å²) in [5.41, 5.74) is 0.726. The van der Waals surface area contributed by atoms with Crippen LogP contribution in [0.2, 0.25) is 0 Å². The third kappa shape index (κ3) is 1.60. The third-order valence-electron chi connectivity index (χ3n) is 2.19. The number of rotatable bonds is 3. The Morgan fingerprint density at radius 1 is 1.31 bits per heavy atom. The molecule has 0 unspecified atom stereocenters. The summed E-state index contributed by atoms with van der Waals surface area (Å²) >= 11 is 0. The van der Waals surface area contributed by atoms with E-state index < -0.39 is 0 Å². The molecular formula is C10H9N5O.